The molecule has 3 heteroatoms. The molecular formula is C10H13BrN2. The van der Waals surface area contributed by atoms with Gasteiger partial charge in [-0.05, 0) is 31.5 Å². The van der Waals surface area contributed by atoms with E-state index in [0.717, 1.165) is 22.3 Å². The highest BCUT2D eigenvalue weighted by Crippen LogP contribution is 2.15. The van der Waals surface area contributed by atoms with Crippen LogP contribution in [0.3, 0.4) is 0 Å². The third kappa shape index (κ3) is 3.59. The molecule has 70 valence electrons. The maximum atomic E-state index is 4.20. The molecule has 0 heterocycles. The maximum absolute atomic E-state index is 4.20. The maximum Gasteiger partial charge on any atom is 0.0573 e. The Morgan fingerprint density at radius 1 is 1.54 bits per heavy atom. The van der Waals surface area contributed by atoms with E-state index in [2.05, 4.69) is 33.4 Å². The van der Waals surface area contributed by atoms with Crippen molar-refractivity contribution in [2.75, 3.05) is 5.43 Å². The van der Waals surface area contributed by atoms with Gasteiger partial charge in [-0.1, -0.05) is 28.9 Å². The lowest BCUT2D eigenvalue weighted by molar-refractivity contribution is 1.21. The summed E-state index contributed by atoms with van der Waals surface area (Å²) in [5, 5.41) is 4.20. The van der Waals surface area contributed by atoms with E-state index in [1.54, 1.807) is 0 Å². The topological polar surface area (TPSA) is 24.4 Å². The average Bonchev–Trinajstić information content (AvgIpc) is 2.14. The third-order valence-corrected chi connectivity index (χ3v) is 2.21. The van der Waals surface area contributed by atoms with Gasteiger partial charge in [0.25, 0.3) is 0 Å². The summed E-state index contributed by atoms with van der Waals surface area (Å²) in [6.07, 6.45) is 0.973. The van der Waals surface area contributed by atoms with Crippen LogP contribution in [0, 0.1) is 0 Å². The van der Waals surface area contributed by atoms with Crippen LogP contribution in [0.5, 0.6) is 0 Å². The largest absolute Gasteiger partial charge is 0.279 e. The van der Waals surface area contributed by atoms with Crippen LogP contribution >= 0.6 is 15.9 Å². The zero-order chi connectivity index (χ0) is 9.68. The molecule has 0 bridgehead atoms. The van der Waals surface area contributed by atoms with Crippen molar-refractivity contribution in [1.82, 2.24) is 0 Å². The molecule has 0 saturated heterocycles. The molecule has 1 N–H and O–H groups in total. The Morgan fingerprint density at radius 2 is 2.31 bits per heavy atom. The first-order valence-electron chi connectivity index (χ1n) is 4.27. The summed E-state index contributed by atoms with van der Waals surface area (Å²) < 4.78 is 1.06. The van der Waals surface area contributed by atoms with Crippen molar-refractivity contribution in [1.29, 1.82) is 0 Å². The molecule has 0 aliphatic carbocycles. The average molecular weight is 241 g/mol. The molecule has 0 aliphatic heterocycles. The lowest BCUT2D eigenvalue weighted by Gasteiger charge is -2.01. The van der Waals surface area contributed by atoms with Gasteiger partial charge in [0.15, 0.2) is 0 Å². The van der Waals surface area contributed by atoms with Crippen LogP contribution in [0.15, 0.2) is 33.8 Å². The number of halogens is 1. The first kappa shape index (κ1) is 10.3. The molecular weight excluding hydrogens is 228 g/mol. The van der Waals surface area contributed by atoms with Gasteiger partial charge in [-0.3, -0.25) is 5.43 Å². The van der Waals surface area contributed by atoms with E-state index in [9.17, 15) is 0 Å². The third-order valence-electron chi connectivity index (χ3n) is 1.71. The Hall–Kier alpha value is -0.830. The number of anilines is 1. The van der Waals surface area contributed by atoms with Gasteiger partial charge in [0.05, 0.1) is 5.69 Å². The van der Waals surface area contributed by atoms with Gasteiger partial charge >= 0.3 is 0 Å². The summed E-state index contributed by atoms with van der Waals surface area (Å²) >= 11 is 3.40. The van der Waals surface area contributed by atoms with Gasteiger partial charge in [-0.15, -0.1) is 0 Å². The van der Waals surface area contributed by atoms with E-state index in [4.69, 9.17) is 0 Å². The number of hydrogen-bond donors (Lipinski definition) is 1. The van der Waals surface area contributed by atoms with Crippen molar-refractivity contribution in [3.05, 3.63) is 28.7 Å². The SMILES string of the molecule is CC/C(C)=N/Nc1cccc(Br)c1. The standard InChI is InChI=1S/C10H13BrN2/c1-3-8(2)12-13-10-6-4-5-9(11)7-10/h4-7,13H,3H2,1-2H3/b12-8+. The predicted octanol–water partition coefficient (Wildman–Crippen LogP) is 3.65. The highest BCUT2D eigenvalue weighted by Gasteiger charge is 1.90. The zero-order valence-corrected chi connectivity index (χ0v) is 9.43. The Morgan fingerprint density at radius 3 is 2.92 bits per heavy atom. The minimum atomic E-state index is 0.973. The summed E-state index contributed by atoms with van der Waals surface area (Å²) in [4.78, 5) is 0. The second-order valence-electron chi connectivity index (χ2n) is 2.82. The highest BCUT2D eigenvalue weighted by atomic mass is 79.9. The quantitative estimate of drug-likeness (QED) is 0.634. The summed E-state index contributed by atoms with van der Waals surface area (Å²) in [5.41, 5.74) is 5.09. The smallest absolute Gasteiger partial charge is 0.0573 e. The fraction of sp³-hybridized carbons (Fsp3) is 0.300. The molecule has 0 aliphatic rings. The van der Waals surface area contributed by atoms with Crippen LogP contribution in [-0.4, -0.2) is 5.71 Å². The molecule has 1 rings (SSSR count). The first-order chi connectivity index (χ1) is 6.22. The van der Waals surface area contributed by atoms with Crippen molar-refractivity contribution < 1.29 is 0 Å². The second-order valence-corrected chi connectivity index (χ2v) is 3.74. The zero-order valence-electron chi connectivity index (χ0n) is 7.84. The van der Waals surface area contributed by atoms with E-state index in [-0.39, 0.29) is 0 Å². The molecule has 0 atom stereocenters. The molecule has 13 heavy (non-hydrogen) atoms. The molecule has 0 aromatic heterocycles. The van der Waals surface area contributed by atoms with Gasteiger partial charge in [-0.25, -0.2) is 0 Å². The summed E-state index contributed by atoms with van der Waals surface area (Å²) in [6, 6.07) is 7.94. The first-order valence-corrected chi connectivity index (χ1v) is 5.06. The Bertz CT molecular complexity index is 308. The van der Waals surface area contributed by atoms with Gasteiger partial charge < -0.3 is 0 Å². The molecule has 0 radical (unpaired) electrons. The predicted molar refractivity (Wildman–Crippen MR) is 61.2 cm³/mol. The van der Waals surface area contributed by atoms with Crippen molar-refractivity contribution >= 4 is 27.3 Å². The number of nitrogens with zero attached hydrogens (tertiary/aromatic N) is 1. The van der Waals surface area contributed by atoms with Crippen molar-refractivity contribution in [2.45, 2.75) is 20.3 Å². The summed E-state index contributed by atoms with van der Waals surface area (Å²) in [7, 11) is 0. The molecule has 0 unspecified atom stereocenters. The second kappa shape index (κ2) is 5.02. The van der Waals surface area contributed by atoms with E-state index < -0.39 is 0 Å². The summed E-state index contributed by atoms with van der Waals surface area (Å²) in [6.45, 7) is 4.09. The van der Waals surface area contributed by atoms with Crippen LogP contribution < -0.4 is 5.43 Å². The van der Waals surface area contributed by atoms with Gasteiger partial charge in [0, 0.05) is 10.2 Å². The van der Waals surface area contributed by atoms with E-state index in [0.29, 0.717) is 0 Å². The molecule has 1 aromatic carbocycles. The Kier molecular flexibility index (Phi) is 3.96. The van der Waals surface area contributed by atoms with Gasteiger partial charge in [-0.2, -0.15) is 5.10 Å². The lowest BCUT2D eigenvalue weighted by atomic mass is 10.3. The van der Waals surface area contributed by atoms with E-state index >= 15 is 0 Å². The fourth-order valence-electron chi connectivity index (χ4n) is 0.797. The molecule has 1 aromatic rings. The van der Waals surface area contributed by atoms with E-state index in [1.165, 1.54) is 0 Å². The van der Waals surface area contributed by atoms with Gasteiger partial charge in [0.2, 0.25) is 0 Å². The highest BCUT2D eigenvalue weighted by molar-refractivity contribution is 9.10. The fourth-order valence-corrected chi connectivity index (χ4v) is 1.20. The van der Waals surface area contributed by atoms with Crippen LogP contribution in [0.25, 0.3) is 0 Å². The van der Waals surface area contributed by atoms with Crippen molar-refractivity contribution in [2.24, 2.45) is 5.10 Å². The molecule has 0 spiro atoms. The monoisotopic (exact) mass is 240 g/mol. The van der Waals surface area contributed by atoms with E-state index in [1.807, 2.05) is 31.2 Å². The minimum absolute atomic E-state index is 0.973. The van der Waals surface area contributed by atoms with Crippen LogP contribution in [-0.2, 0) is 0 Å². The number of hydrogen-bond acceptors (Lipinski definition) is 2. The lowest BCUT2D eigenvalue weighted by Crippen LogP contribution is -1.95. The van der Waals surface area contributed by atoms with Crippen molar-refractivity contribution in [3.8, 4) is 0 Å². The van der Waals surface area contributed by atoms with Crippen LogP contribution in [0.2, 0.25) is 0 Å². The molecule has 2 nitrogen and oxygen atoms in total. The normalized spacial score (nSPS) is 11.5. The molecule has 0 fully saturated rings. The van der Waals surface area contributed by atoms with Crippen LogP contribution in [0.4, 0.5) is 5.69 Å². The Labute approximate surface area is 87.2 Å². The number of nitrogens with one attached hydrogen (secondary N) is 1. The molecule has 0 amide bonds. The van der Waals surface area contributed by atoms with Crippen LogP contribution in [0.1, 0.15) is 20.3 Å². The Balaban J connectivity index is 2.64. The molecule has 0 saturated carbocycles. The number of hydrazone groups is 1. The minimum Gasteiger partial charge on any atom is -0.279 e. The van der Waals surface area contributed by atoms with Gasteiger partial charge in [0.1, 0.15) is 0 Å². The summed E-state index contributed by atoms with van der Waals surface area (Å²) in [5.74, 6) is 0. The number of rotatable bonds is 3. The number of benzene rings is 1. The van der Waals surface area contributed by atoms with Crippen molar-refractivity contribution in [3.63, 3.8) is 0 Å².